The Hall–Kier alpha value is -1.55. The summed E-state index contributed by atoms with van der Waals surface area (Å²) in [5.41, 5.74) is 6.97. The monoisotopic (exact) mass is 262 g/mol. The second-order valence-electron chi connectivity index (χ2n) is 5.29. The maximum absolute atomic E-state index is 11.5. The molecule has 1 unspecified atom stereocenters. The minimum Gasteiger partial charge on any atom is -0.484 e. The Morgan fingerprint density at radius 3 is 2.68 bits per heavy atom. The van der Waals surface area contributed by atoms with E-state index in [-0.39, 0.29) is 18.6 Å². The van der Waals surface area contributed by atoms with Crippen molar-refractivity contribution in [2.24, 2.45) is 5.73 Å². The third kappa shape index (κ3) is 5.30. The highest BCUT2D eigenvalue weighted by Gasteiger charge is 2.23. The zero-order valence-electron chi connectivity index (χ0n) is 11.4. The van der Waals surface area contributed by atoms with E-state index in [0.29, 0.717) is 6.04 Å². The first kappa shape index (κ1) is 13.9. The van der Waals surface area contributed by atoms with Crippen molar-refractivity contribution in [1.29, 1.82) is 0 Å². The number of amides is 1. The lowest BCUT2D eigenvalue weighted by atomic mass is 10.1. The van der Waals surface area contributed by atoms with Gasteiger partial charge in [0.05, 0.1) is 0 Å². The molecule has 0 saturated heterocycles. The number of hydrogen-bond donors (Lipinski definition) is 2. The molecule has 104 valence electrons. The van der Waals surface area contributed by atoms with Crippen LogP contribution in [-0.4, -0.2) is 24.6 Å². The molecule has 1 aliphatic rings. The number of aryl methyl sites for hydroxylation is 1. The number of hydrogen-bond acceptors (Lipinski definition) is 3. The summed E-state index contributed by atoms with van der Waals surface area (Å²) in [6.07, 6.45) is 4.14. The van der Waals surface area contributed by atoms with Crippen LogP contribution in [0.4, 0.5) is 0 Å². The Labute approximate surface area is 114 Å². The highest BCUT2D eigenvalue weighted by Crippen LogP contribution is 2.18. The number of nitrogens with one attached hydrogen (secondary N) is 1. The third-order valence-electron chi connectivity index (χ3n) is 3.12. The molecule has 0 bridgehead atoms. The van der Waals surface area contributed by atoms with Gasteiger partial charge in [0, 0.05) is 12.1 Å². The summed E-state index contributed by atoms with van der Waals surface area (Å²) in [6, 6.07) is 8.47. The predicted molar refractivity (Wildman–Crippen MR) is 75.1 cm³/mol. The van der Waals surface area contributed by atoms with E-state index in [1.165, 1.54) is 5.56 Å². The van der Waals surface area contributed by atoms with E-state index < -0.39 is 0 Å². The van der Waals surface area contributed by atoms with E-state index >= 15 is 0 Å². The summed E-state index contributed by atoms with van der Waals surface area (Å²) in [5.74, 6) is 0.694. The molecular weight excluding hydrogens is 240 g/mol. The first-order valence-electron chi connectivity index (χ1n) is 6.90. The summed E-state index contributed by atoms with van der Waals surface area (Å²) in [6.45, 7) is 2.10. The number of ether oxygens (including phenoxy) is 1. The molecule has 0 radical (unpaired) electrons. The Morgan fingerprint density at radius 2 is 2.11 bits per heavy atom. The number of carbonyl (C=O) groups excluding carboxylic acids is 1. The average Bonchev–Trinajstić information content (AvgIpc) is 3.19. The number of rotatable bonds is 7. The smallest absolute Gasteiger partial charge is 0.258 e. The van der Waals surface area contributed by atoms with Crippen LogP contribution in [0.25, 0.3) is 0 Å². The highest BCUT2D eigenvalue weighted by atomic mass is 16.5. The summed E-state index contributed by atoms with van der Waals surface area (Å²) < 4.78 is 5.44. The highest BCUT2D eigenvalue weighted by molar-refractivity contribution is 5.78. The second kappa shape index (κ2) is 6.57. The van der Waals surface area contributed by atoms with Gasteiger partial charge in [-0.3, -0.25) is 4.79 Å². The van der Waals surface area contributed by atoms with Crippen LogP contribution in [0, 0.1) is 0 Å². The Balaban J connectivity index is 1.72. The van der Waals surface area contributed by atoms with Crippen LogP contribution < -0.4 is 15.8 Å². The molecule has 1 aromatic carbocycles. The van der Waals surface area contributed by atoms with Gasteiger partial charge >= 0.3 is 0 Å². The molecule has 0 spiro atoms. The van der Waals surface area contributed by atoms with Gasteiger partial charge in [-0.15, -0.1) is 0 Å². The molecule has 1 amide bonds. The summed E-state index contributed by atoms with van der Waals surface area (Å²) in [7, 11) is 0. The first-order chi connectivity index (χ1) is 9.13. The topological polar surface area (TPSA) is 64.3 Å². The zero-order valence-corrected chi connectivity index (χ0v) is 11.4. The number of carbonyl (C=O) groups is 1. The fourth-order valence-corrected chi connectivity index (χ4v) is 1.79. The Bertz CT molecular complexity index is 411. The van der Waals surface area contributed by atoms with E-state index in [1.54, 1.807) is 0 Å². The van der Waals surface area contributed by atoms with Crippen LogP contribution in [0.1, 0.15) is 31.7 Å². The van der Waals surface area contributed by atoms with Crippen molar-refractivity contribution in [3.8, 4) is 5.75 Å². The first-order valence-corrected chi connectivity index (χ1v) is 6.90. The van der Waals surface area contributed by atoms with Crippen LogP contribution in [-0.2, 0) is 11.2 Å². The molecule has 0 aromatic heterocycles. The summed E-state index contributed by atoms with van der Waals surface area (Å²) in [5, 5.41) is 2.89. The van der Waals surface area contributed by atoms with Crippen LogP contribution in [0.5, 0.6) is 5.75 Å². The van der Waals surface area contributed by atoms with E-state index in [2.05, 4.69) is 5.32 Å². The predicted octanol–water partition coefficient (Wildman–Crippen LogP) is 1.62. The molecular formula is C15H22N2O2. The SMILES string of the molecule is CC(N)CCc1ccc(OCC(=O)NC2CC2)cc1. The average molecular weight is 262 g/mol. The lowest BCUT2D eigenvalue weighted by molar-refractivity contribution is -0.123. The fourth-order valence-electron chi connectivity index (χ4n) is 1.79. The molecule has 0 heterocycles. The van der Waals surface area contributed by atoms with Gasteiger partial charge < -0.3 is 15.8 Å². The molecule has 2 rings (SSSR count). The van der Waals surface area contributed by atoms with Crippen molar-refractivity contribution in [2.45, 2.75) is 44.7 Å². The molecule has 1 aliphatic carbocycles. The van der Waals surface area contributed by atoms with Crippen molar-refractivity contribution >= 4 is 5.91 Å². The minimum absolute atomic E-state index is 0.0384. The quantitative estimate of drug-likeness (QED) is 0.785. The van der Waals surface area contributed by atoms with E-state index in [9.17, 15) is 4.79 Å². The fraction of sp³-hybridized carbons (Fsp3) is 0.533. The van der Waals surface area contributed by atoms with Gasteiger partial charge in [-0.25, -0.2) is 0 Å². The third-order valence-corrected chi connectivity index (χ3v) is 3.12. The molecule has 1 saturated carbocycles. The van der Waals surface area contributed by atoms with E-state index in [0.717, 1.165) is 31.4 Å². The minimum atomic E-state index is -0.0384. The molecule has 4 heteroatoms. The number of nitrogens with two attached hydrogens (primary N) is 1. The maximum atomic E-state index is 11.5. The Kier molecular flexibility index (Phi) is 4.80. The molecule has 1 fully saturated rings. The molecule has 1 aromatic rings. The van der Waals surface area contributed by atoms with Gasteiger partial charge in [-0.05, 0) is 50.3 Å². The van der Waals surface area contributed by atoms with Crippen molar-refractivity contribution in [2.75, 3.05) is 6.61 Å². The summed E-state index contributed by atoms with van der Waals surface area (Å²) >= 11 is 0. The van der Waals surface area contributed by atoms with Gasteiger partial charge in [-0.1, -0.05) is 12.1 Å². The second-order valence-corrected chi connectivity index (χ2v) is 5.29. The Morgan fingerprint density at radius 1 is 1.42 bits per heavy atom. The lowest BCUT2D eigenvalue weighted by Gasteiger charge is -2.08. The molecule has 1 atom stereocenters. The van der Waals surface area contributed by atoms with Crippen molar-refractivity contribution in [3.63, 3.8) is 0 Å². The van der Waals surface area contributed by atoms with Crippen molar-refractivity contribution in [3.05, 3.63) is 29.8 Å². The van der Waals surface area contributed by atoms with Crippen LogP contribution in [0.3, 0.4) is 0 Å². The van der Waals surface area contributed by atoms with E-state index in [1.807, 2.05) is 31.2 Å². The van der Waals surface area contributed by atoms with Gasteiger partial charge in [0.1, 0.15) is 5.75 Å². The number of benzene rings is 1. The van der Waals surface area contributed by atoms with Gasteiger partial charge in [0.25, 0.3) is 5.91 Å². The van der Waals surface area contributed by atoms with Crippen molar-refractivity contribution in [1.82, 2.24) is 5.32 Å². The standard InChI is InChI=1S/C15H22N2O2/c1-11(16)2-3-12-4-8-14(9-5-12)19-10-15(18)17-13-6-7-13/h4-5,8-9,11,13H,2-3,6-7,10,16H2,1H3,(H,17,18). The molecule has 19 heavy (non-hydrogen) atoms. The van der Waals surface area contributed by atoms with Gasteiger partial charge in [0.2, 0.25) is 0 Å². The van der Waals surface area contributed by atoms with Gasteiger partial charge in [-0.2, -0.15) is 0 Å². The largest absolute Gasteiger partial charge is 0.484 e. The van der Waals surface area contributed by atoms with Crippen LogP contribution in [0.15, 0.2) is 24.3 Å². The van der Waals surface area contributed by atoms with E-state index in [4.69, 9.17) is 10.5 Å². The maximum Gasteiger partial charge on any atom is 0.258 e. The molecule has 4 nitrogen and oxygen atoms in total. The van der Waals surface area contributed by atoms with Crippen LogP contribution >= 0.6 is 0 Å². The van der Waals surface area contributed by atoms with Crippen LogP contribution in [0.2, 0.25) is 0 Å². The molecule has 0 aliphatic heterocycles. The zero-order chi connectivity index (χ0) is 13.7. The lowest BCUT2D eigenvalue weighted by Crippen LogP contribution is -2.30. The normalized spacial score (nSPS) is 15.9. The summed E-state index contributed by atoms with van der Waals surface area (Å²) in [4.78, 5) is 11.5. The van der Waals surface area contributed by atoms with Gasteiger partial charge in [0.15, 0.2) is 6.61 Å². The molecule has 3 N–H and O–H groups in total. The van der Waals surface area contributed by atoms with Crippen molar-refractivity contribution < 1.29 is 9.53 Å².